The zero-order valence-corrected chi connectivity index (χ0v) is 10.1. The number of rotatable bonds is 3. The maximum Gasteiger partial charge on any atom is 0.249 e. The monoisotopic (exact) mass is 226 g/mol. The molecular formula is C12H22N2O2. The van der Waals surface area contributed by atoms with E-state index in [4.69, 9.17) is 4.74 Å². The van der Waals surface area contributed by atoms with Crippen LogP contribution in [0, 0.1) is 5.92 Å². The van der Waals surface area contributed by atoms with E-state index in [1.165, 1.54) is 12.8 Å². The molecule has 1 atom stereocenters. The first-order chi connectivity index (χ1) is 7.75. The van der Waals surface area contributed by atoms with Gasteiger partial charge in [0.2, 0.25) is 5.91 Å². The average molecular weight is 226 g/mol. The van der Waals surface area contributed by atoms with E-state index in [9.17, 15) is 4.79 Å². The van der Waals surface area contributed by atoms with Gasteiger partial charge in [-0.2, -0.15) is 0 Å². The Hall–Kier alpha value is -0.610. The van der Waals surface area contributed by atoms with E-state index in [1.54, 1.807) is 0 Å². The van der Waals surface area contributed by atoms with Crippen LogP contribution in [-0.4, -0.2) is 50.2 Å². The summed E-state index contributed by atoms with van der Waals surface area (Å²) in [6.07, 6.45) is 4.13. The number of carbonyl (C=O) groups excluding carboxylic acids is 1. The molecule has 1 amide bonds. The number of piperidine rings is 1. The van der Waals surface area contributed by atoms with Gasteiger partial charge in [-0.3, -0.25) is 4.79 Å². The summed E-state index contributed by atoms with van der Waals surface area (Å²) in [5, 5.41) is 3.03. The summed E-state index contributed by atoms with van der Waals surface area (Å²) >= 11 is 0. The number of amides is 1. The molecule has 1 unspecified atom stereocenters. The fraction of sp³-hybridized carbons (Fsp3) is 0.917. The van der Waals surface area contributed by atoms with Gasteiger partial charge in [-0.1, -0.05) is 0 Å². The van der Waals surface area contributed by atoms with Gasteiger partial charge >= 0.3 is 0 Å². The molecule has 0 bridgehead atoms. The van der Waals surface area contributed by atoms with E-state index >= 15 is 0 Å². The van der Waals surface area contributed by atoms with Crippen molar-refractivity contribution in [3.8, 4) is 0 Å². The molecule has 4 nitrogen and oxygen atoms in total. The van der Waals surface area contributed by atoms with Gasteiger partial charge in [0.1, 0.15) is 6.10 Å². The van der Waals surface area contributed by atoms with Gasteiger partial charge in [0.25, 0.3) is 0 Å². The normalized spacial score (nSPS) is 28.2. The highest BCUT2D eigenvalue weighted by Crippen LogP contribution is 2.16. The number of nitrogens with one attached hydrogen (secondary N) is 1. The van der Waals surface area contributed by atoms with Crippen molar-refractivity contribution >= 4 is 5.91 Å². The van der Waals surface area contributed by atoms with Crippen molar-refractivity contribution in [3.05, 3.63) is 0 Å². The van der Waals surface area contributed by atoms with Crippen molar-refractivity contribution in [1.82, 2.24) is 10.2 Å². The van der Waals surface area contributed by atoms with E-state index in [2.05, 4.69) is 17.3 Å². The maximum atomic E-state index is 11.7. The van der Waals surface area contributed by atoms with Crippen molar-refractivity contribution in [2.45, 2.75) is 31.8 Å². The number of hydrogen-bond donors (Lipinski definition) is 1. The lowest BCUT2D eigenvalue weighted by Crippen LogP contribution is -2.40. The van der Waals surface area contributed by atoms with Gasteiger partial charge in [0, 0.05) is 13.2 Å². The summed E-state index contributed by atoms with van der Waals surface area (Å²) in [4.78, 5) is 14.1. The third kappa shape index (κ3) is 3.19. The van der Waals surface area contributed by atoms with E-state index < -0.39 is 0 Å². The molecule has 2 aliphatic rings. The second-order valence-corrected chi connectivity index (χ2v) is 4.99. The van der Waals surface area contributed by atoms with Gasteiger partial charge < -0.3 is 15.0 Å². The third-order valence-electron chi connectivity index (χ3n) is 3.63. The van der Waals surface area contributed by atoms with Crippen LogP contribution >= 0.6 is 0 Å². The summed E-state index contributed by atoms with van der Waals surface area (Å²) in [6, 6.07) is 0. The lowest BCUT2D eigenvalue weighted by Gasteiger charge is -2.29. The highest BCUT2D eigenvalue weighted by Gasteiger charge is 2.24. The predicted molar refractivity (Wildman–Crippen MR) is 62.2 cm³/mol. The summed E-state index contributed by atoms with van der Waals surface area (Å²) < 4.78 is 5.35. The molecule has 0 aromatic rings. The number of carbonyl (C=O) groups is 1. The van der Waals surface area contributed by atoms with Crippen molar-refractivity contribution in [3.63, 3.8) is 0 Å². The zero-order chi connectivity index (χ0) is 11.4. The molecule has 0 spiro atoms. The molecular weight excluding hydrogens is 204 g/mol. The van der Waals surface area contributed by atoms with Gasteiger partial charge in [-0.15, -0.1) is 0 Å². The minimum absolute atomic E-state index is 0.0939. The van der Waals surface area contributed by atoms with Crippen LogP contribution in [0.2, 0.25) is 0 Å². The largest absolute Gasteiger partial charge is 0.368 e. The Morgan fingerprint density at radius 1 is 1.38 bits per heavy atom. The van der Waals surface area contributed by atoms with Crippen LogP contribution in [0.1, 0.15) is 25.7 Å². The Kier molecular flexibility index (Phi) is 4.18. The second-order valence-electron chi connectivity index (χ2n) is 4.99. The van der Waals surface area contributed by atoms with Crippen LogP contribution in [0.15, 0.2) is 0 Å². The third-order valence-corrected chi connectivity index (χ3v) is 3.63. The molecule has 92 valence electrons. The standard InChI is InChI=1S/C12H22N2O2/c1-14-6-4-10(5-7-14)9-13-12(15)11-3-2-8-16-11/h10-11H,2-9H2,1H3,(H,13,15). The lowest BCUT2D eigenvalue weighted by molar-refractivity contribution is -0.130. The Balaban J connectivity index is 1.65. The number of hydrogen-bond acceptors (Lipinski definition) is 3. The molecule has 2 heterocycles. The lowest BCUT2D eigenvalue weighted by atomic mass is 9.97. The highest BCUT2D eigenvalue weighted by atomic mass is 16.5. The summed E-state index contributed by atoms with van der Waals surface area (Å²) in [5.74, 6) is 0.748. The average Bonchev–Trinajstić information content (AvgIpc) is 2.81. The van der Waals surface area contributed by atoms with E-state index in [0.717, 1.165) is 39.1 Å². The van der Waals surface area contributed by atoms with Crippen LogP contribution in [0.25, 0.3) is 0 Å². The molecule has 2 fully saturated rings. The van der Waals surface area contributed by atoms with E-state index in [-0.39, 0.29) is 12.0 Å². The molecule has 2 rings (SSSR count). The highest BCUT2D eigenvalue weighted by molar-refractivity contribution is 5.80. The van der Waals surface area contributed by atoms with Crippen LogP contribution in [0.5, 0.6) is 0 Å². The Labute approximate surface area is 97.3 Å². The van der Waals surface area contributed by atoms with E-state index in [0.29, 0.717) is 5.92 Å². The Morgan fingerprint density at radius 2 is 2.12 bits per heavy atom. The van der Waals surface area contributed by atoms with Crippen LogP contribution in [0.3, 0.4) is 0 Å². The molecule has 0 aromatic carbocycles. The maximum absolute atomic E-state index is 11.7. The summed E-state index contributed by atoms with van der Waals surface area (Å²) in [5.41, 5.74) is 0. The number of ether oxygens (including phenoxy) is 1. The van der Waals surface area contributed by atoms with Crippen LogP contribution in [-0.2, 0) is 9.53 Å². The molecule has 0 aliphatic carbocycles. The molecule has 4 heteroatoms. The minimum atomic E-state index is -0.175. The Morgan fingerprint density at radius 3 is 2.75 bits per heavy atom. The first-order valence-electron chi connectivity index (χ1n) is 6.33. The van der Waals surface area contributed by atoms with Crippen molar-refractivity contribution in [1.29, 1.82) is 0 Å². The topological polar surface area (TPSA) is 41.6 Å². The SMILES string of the molecule is CN1CCC(CNC(=O)C2CCCO2)CC1. The number of likely N-dealkylation sites (tertiary alicyclic amines) is 1. The first kappa shape index (κ1) is 11.9. The fourth-order valence-electron chi connectivity index (χ4n) is 2.41. The smallest absolute Gasteiger partial charge is 0.249 e. The van der Waals surface area contributed by atoms with Crippen molar-refractivity contribution in [2.75, 3.05) is 33.3 Å². The van der Waals surface area contributed by atoms with Crippen LogP contribution in [0.4, 0.5) is 0 Å². The predicted octanol–water partition coefficient (Wildman–Crippen LogP) is 0.623. The molecule has 16 heavy (non-hydrogen) atoms. The minimum Gasteiger partial charge on any atom is -0.368 e. The Bertz CT molecular complexity index is 231. The summed E-state index contributed by atoms with van der Waals surface area (Å²) in [6.45, 7) is 3.87. The molecule has 0 radical (unpaired) electrons. The quantitative estimate of drug-likeness (QED) is 0.767. The number of nitrogens with zero attached hydrogens (tertiary/aromatic N) is 1. The molecule has 1 N–H and O–H groups in total. The van der Waals surface area contributed by atoms with Crippen molar-refractivity contribution < 1.29 is 9.53 Å². The van der Waals surface area contributed by atoms with Gasteiger partial charge in [-0.25, -0.2) is 0 Å². The molecule has 0 saturated carbocycles. The van der Waals surface area contributed by atoms with Gasteiger partial charge in [0.05, 0.1) is 0 Å². The van der Waals surface area contributed by atoms with Gasteiger partial charge in [0.15, 0.2) is 0 Å². The molecule has 2 saturated heterocycles. The van der Waals surface area contributed by atoms with E-state index in [1.807, 2.05) is 0 Å². The molecule has 0 aromatic heterocycles. The fourth-order valence-corrected chi connectivity index (χ4v) is 2.41. The molecule has 2 aliphatic heterocycles. The van der Waals surface area contributed by atoms with Crippen molar-refractivity contribution in [2.24, 2.45) is 5.92 Å². The first-order valence-corrected chi connectivity index (χ1v) is 6.33. The zero-order valence-electron chi connectivity index (χ0n) is 10.1. The van der Waals surface area contributed by atoms with Crippen LogP contribution < -0.4 is 5.32 Å². The second kappa shape index (κ2) is 5.64. The van der Waals surface area contributed by atoms with Gasteiger partial charge in [-0.05, 0) is 51.7 Å². The summed E-state index contributed by atoms with van der Waals surface area (Å²) in [7, 11) is 2.15.